The van der Waals surface area contributed by atoms with Crippen LogP contribution >= 0.6 is 0 Å². The van der Waals surface area contributed by atoms with Crippen LogP contribution in [-0.4, -0.2) is 59.7 Å². The van der Waals surface area contributed by atoms with Crippen LogP contribution in [0.3, 0.4) is 0 Å². The molecule has 0 aromatic heterocycles. The van der Waals surface area contributed by atoms with Crippen LogP contribution in [0.15, 0.2) is 48.5 Å². The number of piperazine rings is 1. The van der Waals surface area contributed by atoms with Crippen molar-refractivity contribution in [2.45, 2.75) is 33.0 Å². The zero-order valence-electron chi connectivity index (χ0n) is 17.2. The van der Waals surface area contributed by atoms with Crippen molar-refractivity contribution in [1.29, 1.82) is 0 Å². The lowest BCUT2D eigenvalue weighted by molar-refractivity contribution is 0.0998. The lowest BCUT2D eigenvalue weighted by atomic mass is 10.1. The van der Waals surface area contributed by atoms with Crippen LogP contribution in [0.4, 0.5) is 4.79 Å². The van der Waals surface area contributed by atoms with Crippen LogP contribution in [-0.2, 0) is 13.1 Å². The largest absolute Gasteiger partial charge is 0.454 e. The number of rotatable bonds is 5. The van der Waals surface area contributed by atoms with Crippen LogP contribution in [0.25, 0.3) is 0 Å². The van der Waals surface area contributed by atoms with E-state index in [1.807, 2.05) is 34.1 Å². The number of nitrogens with zero attached hydrogens (tertiary/aromatic N) is 3. The van der Waals surface area contributed by atoms with Gasteiger partial charge in [-0.15, -0.1) is 0 Å². The summed E-state index contributed by atoms with van der Waals surface area (Å²) in [6, 6.07) is 16.6. The number of amides is 2. The fraction of sp³-hybridized carbons (Fsp3) is 0.435. The Morgan fingerprint density at radius 1 is 0.966 bits per heavy atom. The van der Waals surface area contributed by atoms with Crippen molar-refractivity contribution in [3.63, 3.8) is 0 Å². The first-order valence-corrected chi connectivity index (χ1v) is 10.3. The summed E-state index contributed by atoms with van der Waals surface area (Å²) >= 11 is 0. The van der Waals surface area contributed by atoms with Gasteiger partial charge in [-0.25, -0.2) is 4.79 Å². The van der Waals surface area contributed by atoms with Gasteiger partial charge >= 0.3 is 6.03 Å². The van der Waals surface area contributed by atoms with E-state index in [0.29, 0.717) is 13.3 Å². The maximum Gasteiger partial charge on any atom is 0.320 e. The predicted octanol–water partition coefficient (Wildman–Crippen LogP) is 3.56. The van der Waals surface area contributed by atoms with E-state index in [1.165, 1.54) is 5.56 Å². The molecule has 0 saturated carbocycles. The zero-order valence-corrected chi connectivity index (χ0v) is 17.2. The molecule has 2 heterocycles. The number of carbonyl (C=O) groups excluding carboxylic acids is 1. The summed E-state index contributed by atoms with van der Waals surface area (Å²) in [7, 11) is 0. The van der Waals surface area contributed by atoms with Gasteiger partial charge in [0.15, 0.2) is 11.5 Å². The second kappa shape index (κ2) is 8.74. The molecule has 0 radical (unpaired) electrons. The molecule has 1 saturated heterocycles. The van der Waals surface area contributed by atoms with Crippen LogP contribution in [0.2, 0.25) is 0 Å². The highest BCUT2D eigenvalue weighted by Crippen LogP contribution is 2.32. The third-order valence-corrected chi connectivity index (χ3v) is 5.55. The Morgan fingerprint density at radius 2 is 1.69 bits per heavy atom. The minimum Gasteiger partial charge on any atom is -0.454 e. The van der Waals surface area contributed by atoms with Crippen molar-refractivity contribution in [2.75, 3.05) is 33.0 Å². The maximum atomic E-state index is 13.1. The van der Waals surface area contributed by atoms with E-state index in [2.05, 4.69) is 43.0 Å². The molecule has 0 aliphatic carbocycles. The normalized spacial score (nSPS) is 16.3. The summed E-state index contributed by atoms with van der Waals surface area (Å²) in [5, 5.41) is 0. The van der Waals surface area contributed by atoms with Crippen molar-refractivity contribution in [3.05, 3.63) is 59.7 Å². The van der Waals surface area contributed by atoms with Crippen molar-refractivity contribution < 1.29 is 14.3 Å². The monoisotopic (exact) mass is 395 g/mol. The number of ether oxygens (including phenoxy) is 2. The smallest absolute Gasteiger partial charge is 0.320 e. The summed E-state index contributed by atoms with van der Waals surface area (Å²) in [4.78, 5) is 19.5. The average molecular weight is 396 g/mol. The molecule has 0 spiro atoms. The van der Waals surface area contributed by atoms with Crippen molar-refractivity contribution in [3.8, 4) is 11.5 Å². The fourth-order valence-corrected chi connectivity index (χ4v) is 3.83. The van der Waals surface area contributed by atoms with Gasteiger partial charge in [-0.1, -0.05) is 36.4 Å². The number of carbonyl (C=O) groups is 1. The fourth-order valence-electron chi connectivity index (χ4n) is 3.83. The Morgan fingerprint density at radius 3 is 2.41 bits per heavy atom. The van der Waals surface area contributed by atoms with Crippen LogP contribution in [0.5, 0.6) is 11.5 Å². The highest BCUT2D eigenvalue weighted by molar-refractivity contribution is 5.75. The van der Waals surface area contributed by atoms with Crippen molar-refractivity contribution in [1.82, 2.24) is 14.7 Å². The summed E-state index contributed by atoms with van der Waals surface area (Å²) in [6.45, 7) is 9.21. The molecule has 0 unspecified atom stereocenters. The van der Waals surface area contributed by atoms with Gasteiger partial charge in [-0.2, -0.15) is 0 Å². The SMILES string of the molecule is CC(C)N(Cc1ccccc1)C(=O)N1CCN(Cc2ccc3c(c2)OCO3)CC1. The number of hydrogen-bond donors (Lipinski definition) is 0. The summed E-state index contributed by atoms with van der Waals surface area (Å²) in [6.07, 6.45) is 0. The zero-order chi connectivity index (χ0) is 20.2. The molecule has 6 nitrogen and oxygen atoms in total. The highest BCUT2D eigenvalue weighted by atomic mass is 16.7. The van der Waals surface area contributed by atoms with Gasteiger partial charge in [0, 0.05) is 45.3 Å². The molecule has 1 fully saturated rings. The molecule has 4 rings (SSSR count). The van der Waals surface area contributed by atoms with Crippen LogP contribution in [0.1, 0.15) is 25.0 Å². The Bertz CT molecular complexity index is 833. The second-order valence-corrected chi connectivity index (χ2v) is 7.94. The topological polar surface area (TPSA) is 45.3 Å². The lowest BCUT2D eigenvalue weighted by Gasteiger charge is -2.39. The van der Waals surface area contributed by atoms with Gasteiger partial charge in [0.1, 0.15) is 0 Å². The molecular weight excluding hydrogens is 366 g/mol. The van der Waals surface area contributed by atoms with E-state index in [4.69, 9.17) is 9.47 Å². The Hall–Kier alpha value is -2.73. The van der Waals surface area contributed by atoms with E-state index in [-0.39, 0.29) is 12.1 Å². The van der Waals surface area contributed by atoms with E-state index in [0.717, 1.165) is 49.8 Å². The minimum absolute atomic E-state index is 0.131. The molecule has 2 aliphatic heterocycles. The molecule has 29 heavy (non-hydrogen) atoms. The van der Waals surface area contributed by atoms with Gasteiger partial charge in [0.2, 0.25) is 6.79 Å². The first-order chi connectivity index (χ1) is 14.1. The van der Waals surface area contributed by atoms with Gasteiger partial charge in [-0.3, -0.25) is 4.90 Å². The Kier molecular flexibility index (Phi) is 5.90. The van der Waals surface area contributed by atoms with Gasteiger partial charge in [-0.05, 0) is 37.1 Å². The molecule has 2 aromatic carbocycles. The molecular formula is C23H29N3O3. The van der Waals surface area contributed by atoms with Crippen LogP contribution in [0, 0.1) is 0 Å². The maximum absolute atomic E-state index is 13.1. The third kappa shape index (κ3) is 4.65. The Balaban J connectivity index is 1.32. The van der Waals surface area contributed by atoms with E-state index < -0.39 is 0 Å². The molecule has 2 aliphatic rings. The van der Waals surface area contributed by atoms with Gasteiger partial charge in [0.25, 0.3) is 0 Å². The molecule has 0 N–H and O–H groups in total. The van der Waals surface area contributed by atoms with Crippen molar-refractivity contribution >= 4 is 6.03 Å². The number of fused-ring (bicyclic) bond motifs is 1. The number of urea groups is 1. The van der Waals surface area contributed by atoms with E-state index in [1.54, 1.807) is 0 Å². The molecule has 6 heteroatoms. The first-order valence-electron chi connectivity index (χ1n) is 10.3. The Labute approximate surface area is 172 Å². The summed E-state index contributed by atoms with van der Waals surface area (Å²) < 4.78 is 10.9. The minimum atomic E-state index is 0.131. The average Bonchev–Trinajstić information content (AvgIpc) is 3.20. The van der Waals surface area contributed by atoms with Crippen LogP contribution < -0.4 is 9.47 Å². The molecule has 154 valence electrons. The van der Waals surface area contributed by atoms with E-state index in [9.17, 15) is 4.79 Å². The van der Waals surface area contributed by atoms with Gasteiger partial charge < -0.3 is 19.3 Å². The quantitative estimate of drug-likeness (QED) is 0.777. The summed E-state index contributed by atoms with van der Waals surface area (Å²) in [5.41, 5.74) is 2.37. The number of hydrogen-bond acceptors (Lipinski definition) is 4. The van der Waals surface area contributed by atoms with Crippen molar-refractivity contribution in [2.24, 2.45) is 0 Å². The lowest BCUT2D eigenvalue weighted by Crippen LogP contribution is -2.53. The molecule has 0 atom stereocenters. The highest BCUT2D eigenvalue weighted by Gasteiger charge is 2.27. The van der Waals surface area contributed by atoms with E-state index >= 15 is 0 Å². The molecule has 2 aromatic rings. The number of benzene rings is 2. The van der Waals surface area contributed by atoms with Gasteiger partial charge in [0.05, 0.1) is 0 Å². The third-order valence-electron chi connectivity index (χ3n) is 5.55. The standard InChI is InChI=1S/C23H29N3O3/c1-18(2)26(16-19-6-4-3-5-7-19)23(27)25-12-10-24(11-13-25)15-20-8-9-21-22(14-20)29-17-28-21/h3-9,14,18H,10-13,15-17H2,1-2H3. The first kappa shape index (κ1) is 19.6. The predicted molar refractivity (Wildman–Crippen MR) is 112 cm³/mol. The summed E-state index contributed by atoms with van der Waals surface area (Å²) in [5.74, 6) is 1.64. The second-order valence-electron chi connectivity index (χ2n) is 7.94. The molecule has 2 amide bonds. The molecule has 0 bridgehead atoms.